The van der Waals surface area contributed by atoms with E-state index in [1.165, 1.54) is 22.2 Å². The molecule has 0 fully saturated rings. The molecule has 1 amide bonds. The number of benzene rings is 2. The molecule has 2 unspecified atom stereocenters. The molecule has 2 aromatic carbocycles. The van der Waals surface area contributed by atoms with Crippen molar-refractivity contribution in [1.29, 1.82) is 5.26 Å². The topological polar surface area (TPSA) is 76.9 Å². The van der Waals surface area contributed by atoms with E-state index in [1.54, 1.807) is 11.3 Å². The first-order valence-electron chi connectivity index (χ1n) is 13.3. The minimum absolute atomic E-state index is 0.0695. The zero-order valence-electron chi connectivity index (χ0n) is 23.2. The maximum atomic E-state index is 13.4. The maximum Gasteiger partial charge on any atom is 0.238 e. The summed E-state index contributed by atoms with van der Waals surface area (Å²) in [6, 6.07) is 18.3. The lowest BCUT2D eigenvalue weighted by atomic mass is 9.72. The van der Waals surface area contributed by atoms with Crippen LogP contribution in [0.4, 0.5) is 16.4 Å². The number of carbonyl (C=O) groups is 1. The van der Waals surface area contributed by atoms with Gasteiger partial charge in [-0.3, -0.25) is 4.79 Å². The van der Waals surface area contributed by atoms with Gasteiger partial charge in [-0.1, -0.05) is 51.5 Å². The quantitative estimate of drug-likeness (QED) is 0.194. The molecule has 1 aromatic heterocycles. The van der Waals surface area contributed by atoms with Gasteiger partial charge in [-0.05, 0) is 92.1 Å². The van der Waals surface area contributed by atoms with Gasteiger partial charge in [0.2, 0.25) is 5.91 Å². The lowest BCUT2D eigenvalue weighted by Gasteiger charge is -2.33. The Bertz CT molecular complexity index is 1380. The molecule has 0 saturated carbocycles. The monoisotopic (exact) mass is 576 g/mol. The number of fused-ring (bicyclic) bond motifs is 1. The highest BCUT2D eigenvalue weighted by Gasteiger charge is 2.33. The van der Waals surface area contributed by atoms with Crippen LogP contribution in [-0.2, 0) is 17.6 Å². The number of nitriles is 1. The zero-order valence-corrected chi connectivity index (χ0v) is 25.6. The summed E-state index contributed by atoms with van der Waals surface area (Å²) in [4.78, 5) is 15.6. The molecule has 3 N–H and O–H groups in total. The summed E-state index contributed by atoms with van der Waals surface area (Å²) in [7, 11) is 0. The van der Waals surface area contributed by atoms with Crippen molar-refractivity contribution in [2.75, 3.05) is 16.0 Å². The van der Waals surface area contributed by atoms with Crippen LogP contribution in [0.25, 0.3) is 0 Å². The number of nitrogens with one attached hydrogen (secondary N) is 3. The van der Waals surface area contributed by atoms with Crippen molar-refractivity contribution in [3.63, 3.8) is 0 Å². The number of thiocarbonyl (C=S) groups is 1. The number of nitrogens with zero attached hydrogens (tertiary/aromatic N) is 1. The number of thiophene rings is 1. The van der Waals surface area contributed by atoms with Crippen LogP contribution in [0.5, 0.6) is 0 Å². The second-order valence-electron chi connectivity index (χ2n) is 11.1. The molecule has 204 valence electrons. The molecule has 4 rings (SSSR count). The molecule has 2 atom stereocenters. The molecular formula is C31H36N4OS3. The minimum atomic E-state index is -0.286. The van der Waals surface area contributed by atoms with E-state index in [1.807, 2.05) is 62.4 Å². The van der Waals surface area contributed by atoms with Gasteiger partial charge >= 0.3 is 0 Å². The number of carbonyl (C=O) groups excluding carboxylic acids is 1. The Labute approximate surface area is 245 Å². The van der Waals surface area contributed by atoms with E-state index in [4.69, 9.17) is 12.2 Å². The van der Waals surface area contributed by atoms with Gasteiger partial charge in [0.1, 0.15) is 11.1 Å². The Kier molecular flexibility index (Phi) is 9.37. The second-order valence-corrected chi connectivity index (χ2v) is 13.9. The Morgan fingerprint density at radius 1 is 1.15 bits per heavy atom. The third-order valence-corrected chi connectivity index (χ3v) is 9.91. The maximum absolute atomic E-state index is 13.4. The Morgan fingerprint density at radius 2 is 1.87 bits per heavy atom. The molecule has 0 spiro atoms. The molecule has 8 heteroatoms. The van der Waals surface area contributed by atoms with E-state index >= 15 is 0 Å². The molecule has 0 aliphatic heterocycles. The lowest BCUT2D eigenvalue weighted by molar-refractivity contribution is -0.115. The highest BCUT2D eigenvalue weighted by molar-refractivity contribution is 8.00. The summed E-state index contributed by atoms with van der Waals surface area (Å²) in [5.74, 6) is 0.512. The Morgan fingerprint density at radius 3 is 2.54 bits per heavy atom. The smallest absolute Gasteiger partial charge is 0.238 e. The van der Waals surface area contributed by atoms with Gasteiger partial charge in [0, 0.05) is 21.1 Å². The van der Waals surface area contributed by atoms with Gasteiger partial charge in [-0.2, -0.15) is 5.26 Å². The molecule has 1 heterocycles. The SMILES string of the molecule is CCC(Sc1cccc(NC(=S)Nc2ccc(C)cc2)c1)C(=O)Nc1sc2c(c1C#N)CCC(C(C)(C)C)C2. The lowest BCUT2D eigenvalue weighted by Crippen LogP contribution is -2.26. The van der Waals surface area contributed by atoms with Crippen LogP contribution in [0.2, 0.25) is 0 Å². The van der Waals surface area contributed by atoms with E-state index in [0.29, 0.717) is 28.0 Å². The average molecular weight is 577 g/mol. The van der Waals surface area contributed by atoms with Crippen LogP contribution >= 0.6 is 35.3 Å². The van der Waals surface area contributed by atoms with Crippen LogP contribution in [0.15, 0.2) is 53.4 Å². The molecule has 0 saturated heterocycles. The number of aryl methyl sites for hydroxylation is 1. The molecule has 5 nitrogen and oxygen atoms in total. The van der Waals surface area contributed by atoms with Crippen molar-refractivity contribution in [2.45, 2.75) is 70.4 Å². The van der Waals surface area contributed by atoms with Crippen LogP contribution in [0.1, 0.15) is 62.1 Å². The van der Waals surface area contributed by atoms with Crippen molar-refractivity contribution in [2.24, 2.45) is 11.3 Å². The fraction of sp³-hybridized carbons (Fsp3) is 0.387. The third-order valence-electron chi connectivity index (χ3n) is 7.18. The molecule has 0 radical (unpaired) electrons. The standard InChI is InChI=1S/C31H36N4OS3/c1-6-26(28(36)35-29-25(18-32)24-15-12-20(31(3,4)5)16-27(24)39-29)38-23-9-7-8-22(17-23)34-30(37)33-21-13-10-19(2)11-14-21/h7-11,13-14,17,20,26H,6,12,15-16H2,1-5H3,(H,35,36)(H2,33,34,37). The number of amides is 1. The van der Waals surface area contributed by atoms with Gasteiger partial charge in [0.15, 0.2) is 5.11 Å². The van der Waals surface area contributed by atoms with E-state index < -0.39 is 0 Å². The number of hydrogen-bond acceptors (Lipinski definition) is 5. The molecular weight excluding hydrogens is 541 g/mol. The van der Waals surface area contributed by atoms with Crippen LogP contribution in [-0.4, -0.2) is 16.3 Å². The van der Waals surface area contributed by atoms with Gasteiger partial charge in [0.25, 0.3) is 0 Å². The normalized spacial score (nSPS) is 15.5. The van der Waals surface area contributed by atoms with Crippen molar-refractivity contribution < 1.29 is 4.79 Å². The van der Waals surface area contributed by atoms with Gasteiger partial charge < -0.3 is 16.0 Å². The Balaban J connectivity index is 1.41. The van der Waals surface area contributed by atoms with Crippen LogP contribution in [0, 0.1) is 29.6 Å². The Hall–Kier alpha value is -2.86. The summed E-state index contributed by atoms with van der Waals surface area (Å²) in [6.07, 6.45) is 3.62. The number of anilines is 3. The van der Waals surface area contributed by atoms with Gasteiger partial charge in [-0.25, -0.2) is 0 Å². The van der Waals surface area contributed by atoms with Crippen molar-refractivity contribution in [3.05, 3.63) is 70.1 Å². The number of thioether (sulfide) groups is 1. The first kappa shape index (κ1) is 29.1. The van der Waals surface area contributed by atoms with E-state index in [9.17, 15) is 10.1 Å². The first-order chi connectivity index (χ1) is 18.6. The fourth-order valence-electron chi connectivity index (χ4n) is 4.79. The fourth-order valence-corrected chi connectivity index (χ4v) is 7.32. The predicted molar refractivity (Wildman–Crippen MR) is 170 cm³/mol. The zero-order chi connectivity index (χ0) is 28.2. The molecule has 1 aliphatic rings. The average Bonchev–Trinajstić information content (AvgIpc) is 3.24. The number of hydrogen-bond donors (Lipinski definition) is 3. The van der Waals surface area contributed by atoms with Gasteiger partial charge in [0.05, 0.1) is 10.8 Å². The minimum Gasteiger partial charge on any atom is -0.332 e. The summed E-state index contributed by atoms with van der Waals surface area (Å²) >= 11 is 8.59. The van der Waals surface area contributed by atoms with Crippen LogP contribution < -0.4 is 16.0 Å². The van der Waals surface area contributed by atoms with Gasteiger partial charge in [-0.15, -0.1) is 23.1 Å². The second kappa shape index (κ2) is 12.5. The summed E-state index contributed by atoms with van der Waals surface area (Å²) in [5, 5.41) is 20.4. The highest BCUT2D eigenvalue weighted by Crippen LogP contribution is 2.44. The van der Waals surface area contributed by atoms with E-state index in [-0.39, 0.29) is 16.6 Å². The van der Waals surface area contributed by atoms with Crippen molar-refractivity contribution >= 4 is 62.7 Å². The van der Waals surface area contributed by atoms with Crippen molar-refractivity contribution in [3.8, 4) is 6.07 Å². The predicted octanol–water partition coefficient (Wildman–Crippen LogP) is 8.40. The third kappa shape index (κ3) is 7.42. The number of rotatable bonds is 7. The van der Waals surface area contributed by atoms with Crippen LogP contribution in [0.3, 0.4) is 0 Å². The summed E-state index contributed by atoms with van der Waals surface area (Å²) < 4.78 is 0. The van der Waals surface area contributed by atoms with E-state index in [2.05, 4.69) is 42.8 Å². The largest absolute Gasteiger partial charge is 0.332 e. The summed E-state index contributed by atoms with van der Waals surface area (Å²) in [6.45, 7) is 10.9. The molecule has 39 heavy (non-hydrogen) atoms. The molecule has 1 aliphatic carbocycles. The first-order valence-corrected chi connectivity index (χ1v) is 15.4. The van der Waals surface area contributed by atoms with E-state index in [0.717, 1.165) is 41.1 Å². The van der Waals surface area contributed by atoms with Crippen molar-refractivity contribution in [1.82, 2.24) is 0 Å². The summed E-state index contributed by atoms with van der Waals surface area (Å²) in [5.41, 5.74) is 4.98. The highest BCUT2D eigenvalue weighted by atomic mass is 32.2. The molecule has 3 aromatic rings. The molecule has 0 bridgehead atoms.